The number of amides is 1. The van der Waals surface area contributed by atoms with Crippen molar-refractivity contribution in [2.75, 3.05) is 39.3 Å². The Morgan fingerprint density at radius 1 is 1.15 bits per heavy atom. The van der Waals surface area contributed by atoms with E-state index in [-0.39, 0.29) is 5.91 Å². The molecule has 4 nitrogen and oxygen atoms in total. The number of hydrogen-bond acceptors (Lipinski definition) is 3. The first-order valence-electron chi connectivity index (χ1n) is 10.5. The van der Waals surface area contributed by atoms with Gasteiger partial charge in [-0.05, 0) is 69.7 Å². The third-order valence-electron chi connectivity index (χ3n) is 6.27. The summed E-state index contributed by atoms with van der Waals surface area (Å²) < 4.78 is 0. The van der Waals surface area contributed by atoms with Gasteiger partial charge in [0.15, 0.2) is 0 Å². The van der Waals surface area contributed by atoms with E-state index in [4.69, 9.17) is 0 Å². The van der Waals surface area contributed by atoms with Gasteiger partial charge in [0.25, 0.3) is 5.91 Å². The number of piperazine rings is 1. The van der Waals surface area contributed by atoms with Crippen molar-refractivity contribution >= 4 is 5.91 Å². The van der Waals surface area contributed by atoms with Crippen LogP contribution in [0, 0.1) is 5.92 Å². The SMILES string of the molecule is CCC(C)N1CCN(C(=O)c2ccccc2CC2CCCNCC2)CC1. The fourth-order valence-corrected chi connectivity index (χ4v) is 4.31. The molecule has 0 radical (unpaired) electrons. The Bertz CT molecular complexity index is 573. The van der Waals surface area contributed by atoms with Crippen LogP contribution in [0.2, 0.25) is 0 Å². The van der Waals surface area contributed by atoms with Crippen LogP contribution in [-0.2, 0) is 6.42 Å². The van der Waals surface area contributed by atoms with Crippen LogP contribution in [-0.4, -0.2) is 61.0 Å². The van der Waals surface area contributed by atoms with Crippen LogP contribution in [0.15, 0.2) is 24.3 Å². The molecule has 144 valence electrons. The zero-order valence-electron chi connectivity index (χ0n) is 16.5. The van der Waals surface area contributed by atoms with Gasteiger partial charge >= 0.3 is 0 Å². The summed E-state index contributed by atoms with van der Waals surface area (Å²) in [5.41, 5.74) is 2.18. The van der Waals surface area contributed by atoms with E-state index in [2.05, 4.69) is 41.1 Å². The van der Waals surface area contributed by atoms with E-state index < -0.39 is 0 Å². The quantitative estimate of drug-likeness (QED) is 0.879. The van der Waals surface area contributed by atoms with Crippen LogP contribution >= 0.6 is 0 Å². The highest BCUT2D eigenvalue weighted by Gasteiger charge is 2.26. The summed E-state index contributed by atoms with van der Waals surface area (Å²) in [6.45, 7) is 10.5. The maximum absolute atomic E-state index is 13.2. The van der Waals surface area contributed by atoms with Crippen LogP contribution < -0.4 is 5.32 Å². The molecule has 26 heavy (non-hydrogen) atoms. The highest BCUT2D eigenvalue weighted by atomic mass is 16.2. The van der Waals surface area contributed by atoms with Crippen LogP contribution in [0.5, 0.6) is 0 Å². The maximum atomic E-state index is 13.2. The van der Waals surface area contributed by atoms with Gasteiger partial charge in [-0.2, -0.15) is 0 Å². The van der Waals surface area contributed by atoms with E-state index >= 15 is 0 Å². The monoisotopic (exact) mass is 357 g/mol. The minimum atomic E-state index is 0.233. The third kappa shape index (κ3) is 4.86. The normalized spacial score (nSPS) is 23.5. The van der Waals surface area contributed by atoms with Crippen LogP contribution in [0.3, 0.4) is 0 Å². The Morgan fingerprint density at radius 2 is 1.92 bits per heavy atom. The number of carbonyl (C=O) groups excluding carboxylic acids is 1. The van der Waals surface area contributed by atoms with Gasteiger partial charge in [-0.15, -0.1) is 0 Å². The van der Waals surface area contributed by atoms with Crippen LogP contribution in [0.1, 0.15) is 55.5 Å². The zero-order valence-corrected chi connectivity index (χ0v) is 16.5. The Labute approximate surface area is 158 Å². The van der Waals surface area contributed by atoms with Gasteiger partial charge < -0.3 is 10.2 Å². The van der Waals surface area contributed by atoms with Gasteiger partial charge in [-0.1, -0.05) is 25.1 Å². The molecule has 0 saturated carbocycles. The minimum Gasteiger partial charge on any atom is -0.336 e. The van der Waals surface area contributed by atoms with Crippen molar-refractivity contribution in [3.63, 3.8) is 0 Å². The molecular weight excluding hydrogens is 322 g/mol. The highest BCUT2D eigenvalue weighted by Crippen LogP contribution is 2.23. The number of rotatable bonds is 5. The lowest BCUT2D eigenvalue weighted by Crippen LogP contribution is -2.51. The average molecular weight is 358 g/mol. The van der Waals surface area contributed by atoms with Gasteiger partial charge in [0.1, 0.15) is 0 Å². The molecule has 2 saturated heterocycles. The van der Waals surface area contributed by atoms with E-state index in [1.54, 1.807) is 0 Å². The molecule has 1 aromatic rings. The lowest BCUT2D eigenvalue weighted by Gasteiger charge is -2.38. The summed E-state index contributed by atoms with van der Waals surface area (Å²) in [7, 11) is 0. The molecule has 2 aliphatic heterocycles. The Balaban J connectivity index is 1.64. The lowest BCUT2D eigenvalue weighted by atomic mass is 9.90. The van der Waals surface area contributed by atoms with Gasteiger partial charge in [-0.3, -0.25) is 9.69 Å². The van der Waals surface area contributed by atoms with Gasteiger partial charge in [0, 0.05) is 37.8 Å². The molecular formula is C22H35N3O. The van der Waals surface area contributed by atoms with E-state index in [1.165, 1.54) is 31.2 Å². The number of nitrogens with zero attached hydrogens (tertiary/aromatic N) is 2. The molecule has 1 aromatic carbocycles. The molecule has 2 unspecified atom stereocenters. The van der Waals surface area contributed by atoms with Crippen molar-refractivity contribution in [3.8, 4) is 0 Å². The Hall–Kier alpha value is -1.39. The topological polar surface area (TPSA) is 35.6 Å². The van der Waals surface area contributed by atoms with E-state index in [0.717, 1.165) is 51.3 Å². The van der Waals surface area contributed by atoms with E-state index in [1.807, 2.05) is 12.1 Å². The van der Waals surface area contributed by atoms with Crippen molar-refractivity contribution in [2.24, 2.45) is 5.92 Å². The summed E-state index contributed by atoms with van der Waals surface area (Å²) in [5, 5.41) is 3.49. The van der Waals surface area contributed by atoms with Gasteiger partial charge in [-0.25, -0.2) is 0 Å². The second-order valence-electron chi connectivity index (χ2n) is 7.99. The standard InChI is InChI=1S/C22H35N3O/c1-3-18(2)24-13-15-25(16-14-24)22(26)21-9-5-4-8-20(21)17-19-7-6-11-23-12-10-19/h4-5,8-9,18-19,23H,3,6-7,10-17H2,1-2H3. The Morgan fingerprint density at radius 3 is 2.69 bits per heavy atom. The molecule has 2 aliphatic rings. The second-order valence-corrected chi connectivity index (χ2v) is 7.99. The predicted octanol–water partition coefficient (Wildman–Crippen LogP) is 3.18. The summed E-state index contributed by atoms with van der Waals surface area (Å²) in [4.78, 5) is 17.7. The zero-order chi connectivity index (χ0) is 18.4. The molecule has 0 spiro atoms. The van der Waals surface area contributed by atoms with E-state index in [9.17, 15) is 4.79 Å². The second kappa shape index (κ2) is 9.52. The van der Waals surface area contributed by atoms with Gasteiger partial charge in [0.2, 0.25) is 0 Å². The van der Waals surface area contributed by atoms with Crippen molar-refractivity contribution in [3.05, 3.63) is 35.4 Å². The lowest BCUT2D eigenvalue weighted by molar-refractivity contribution is 0.0578. The average Bonchev–Trinajstić information content (AvgIpc) is 2.96. The molecule has 0 aliphatic carbocycles. The fourth-order valence-electron chi connectivity index (χ4n) is 4.31. The van der Waals surface area contributed by atoms with Crippen LogP contribution in [0.4, 0.5) is 0 Å². The van der Waals surface area contributed by atoms with Crippen molar-refractivity contribution < 1.29 is 4.79 Å². The van der Waals surface area contributed by atoms with Crippen molar-refractivity contribution in [1.29, 1.82) is 0 Å². The molecule has 1 N–H and O–H groups in total. The largest absolute Gasteiger partial charge is 0.336 e. The summed E-state index contributed by atoms with van der Waals surface area (Å²) >= 11 is 0. The minimum absolute atomic E-state index is 0.233. The van der Waals surface area contributed by atoms with E-state index in [0.29, 0.717) is 12.0 Å². The number of carbonyl (C=O) groups is 1. The molecule has 3 rings (SSSR count). The number of hydrogen-bond donors (Lipinski definition) is 1. The first kappa shape index (κ1) is 19.4. The Kier molecular flexibility index (Phi) is 7.09. The third-order valence-corrected chi connectivity index (χ3v) is 6.27. The van der Waals surface area contributed by atoms with Crippen molar-refractivity contribution in [2.45, 2.75) is 52.0 Å². The fraction of sp³-hybridized carbons (Fsp3) is 0.682. The smallest absolute Gasteiger partial charge is 0.254 e. The van der Waals surface area contributed by atoms with Crippen molar-refractivity contribution in [1.82, 2.24) is 15.1 Å². The first-order valence-corrected chi connectivity index (χ1v) is 10.5. The summed E-state index contributed by atoms with van der Waals surface area (Å²) in [6, 6.07) is 8.92. The molecule has 4 heteroatoms. The molecule has 0 aromatic heterocycles. The van der Waals surface area contributed by atoms with Crippen LogP contribution in [0.25, 0.3) is 0 Å². The molecule has 2 heterocycles. The summed E-state index contributed by atoms with van der Waals surface area (Å²) in [5.74, 6) is 0.928. The van der Waals surface area contributed by atoms with Gasteiger partial charge in [0.05, 0.1) is 0 Å². The maximum Gasteiger partial charge on any atom is 0.254 e. The predicted molar refractivity (Wildman–Crippen MR) is 108 cm³/mol. The number of benzene rings is 1. The highest BCUT2D eigenvalue weighted by molar-refractivity contribution is 5.95. The molecule has 2 fully saturated rings. The number of nitrogens with one attached hydrogen (secondary N) is 1. The molecule has 0 bridgehead atoms. The molecule has 1 amide bonds. The molecule has 2 atom stereocenters. The first-order chi connectivity index (χ1) is 12.7. The summed E-state index contributed by atoms with van der Waals surface area (Å²) in [6.07, 6.45) is 5.95.